The van der Waals surface area contributed by atoms with Crippen LogP contribution >= 0.6 is 11.6 Å². The molecular weight excluding hydrogens is 228 g/mol. The smallest absolute Gasteiger partial charge is 0.322 e. The summed E-state index contributed by atoms with van der Waals surface area (Å²) in [4.78, 5) is 14.5. The lowest BCUT2D eigenvalue weighted by molar-refractivity contribution is -0.134. The van der Waals surface area contributed by atoms with Crippen LogP contribution in [-0.4, -0.2) is 22.6 Å². The average molecular weight is 237 g/mol. The van der Waals surface area contributed by atoms with E-state index in [0.717, 1.165) is 10.8 Å². The van der Waals surface area contributed by atoms with Gasteiger partial charge in [0.15, 0.2) is 0 Å². The largest absolute Gasteiger partial charge is 0.480 e. The van der Waals surface area contributed by atoms with E-state index in [9.17, 15) is 4.79 Å². The summed E-state index contributed by atoms with van der Waals surface area (Å²) in [6.45, 7) is -0.158. The molecule has 0 aliphatic rings. The van der Waals surface area contributed by atoms with Gasteiger partial charge >= 0.3 is 5.97 Å². The lowest BCUT2D eigenvalue weighted by atomic mass is 10.1. The molecule has 0 aliphatic heterocycles. The third-order valence-electron chi connectivity index (χ3n) is 2.13. The third kappa shape index (κ3) is 2.23. The number of anilines is 1. The number of rotatable bonds is 3. The predicted octanol–water partition coefficient (Wildman–Crippen LogP) is 2.38. The molecule has 0 amide bonds. The molecule has 1 aromatic carbocycles. The summed E-state index contributed by atoms with van der Waals surface area (Å²) in [7, 11) is 0. The lowest BCUT2D eigenvalue weighted by Gasteiger charge is -2.06. The quantitative estimate of drug-likeness (QED) is 0.859. The van der Waals surface area contributed by atoms with Gasteiger partial charge in [0.2, 0.25) is 0 Å². The zero-order valence-electron chi connectivity index (χ0n) is 8.27. The Hall–Kier alpha value is -1.81. The number of carbonyl (C=O) groups is 1. The van der Waals surface area contributed by atoms with E-state index >= 15 is 0 Å². The highest BCUT2D eigenvalue weighted by atomic mass is 35.5. The second-order valence-electron chi connectivity index (χ2n) is 3.27. The normalized spacial score (nSPS) is 10.3. The number of aliphatic carboxylic acids is 1. The molecule has 16 heavy (non-hydrogen) atoms. The Balaban J connectivity index is 2.41. The monoisotopic (exact) mass is 236 g/mol. The number of nitrogens with zero attached hydrogens (tertiary/aromatic N) is 1. The first kappa shape index (κ1) is 10.7. The van der Waals surface area contributed by atoms with E-state index in [4.69, 9.17) is 16.7 Å². The van der Waals surface area contributed by atoms with Crippen LogP contribution in [0.3, 0.4) is 0 Å². The highest BCUT2D eigenvalue weighted by Crippen LogP contribution is 2.23. The maximum absolute atomic E-state index is 10.5. The molecule has 0 unspecified atom stereocenters. The van der Waals surface area contributed by atoms with Crippen molar-refractivity contribution in [2.24, 2.45) is 0 Å². The zero-order chi connectivity index (χ0) is 11.5. The summed E-state index contributed by atoms with van der Waals surface area (Å²) >= 11 is 5.86. The van der Waals surface area contributed by atoms with Gasteiger partial charge in [0.25, 0.3) is 0 Å². The molecule has 0 saturated heterocycles. The van der Waals surface area contributed by atoms with Crippen LogP contribution in [0.5, 0.6) is 0 Å². The summed E-state index contributed by atoms with van der Waals surface area (Å²) in [5.41, 5.74) is 0. The molecule has 1 heterocycles. The lowest BCUT2D eigenvalue weighted by Crippen LogP contribution is -2.13. The van der Waals surface area contributed by atoms with Gasteiger partial charge in [-0.15, -0.1) is 0 Å². The van der Waals surface area contributed by atoms with Crippen molar-refractivity contribution in [2.75, 3.05) is 11.9 Å². The molecule has 0 aliphatic carbocycles. The third-order valence-corrected chi connectivity index (χ3v) is 2.37. The Morgan fingerprint density at radius 1 is 1.44 bits per heavy atom. The van der Waals surface area contributed by atoms with E-state index in [2.05, 4.69) is 10.3 Å². The molecule has 0 saturated carbocycles. The van der Waals surface area contributed by atoms with Crippen molar-refractivity contribution in [3.8, 4) is 0 Å². The van der Waals surface area contributed by atoms with Crippen molar-refractivity contribution in [3.63, 3.8) is 0 Å². The molecule has 0 fully saturated rings. The van der Waals surface area contributed by atoms with Crippen LogP contribution in [0.4, 0.5) is 5.82 Å². The van der Waals surface area contributed by atoms with Crippen LogP contribution in [0, 0.1) is 0 Å². The van der Waals surface area contributed by atoms with Gasteiger partial charge in [-0.3, -0.25) is 4.79 Å². The number of hydrogen-bond donors (Lipinski definition) is 2. The van der Waals surface area contributed by atoms with Crippen molar-refractivity contribution in [3.05, 3.63) is 35.5 Å². The SMILES string of the molecule is O=C(O)CNc1nccc2cc(Cl)ccc12. The minimum absolute atomic E-state index is 0.158. The minimum Gasteiger partial charge on any atom is -0.480 e. The van der Waals surface area contributed by atoms with Crippen LogP contribution in [0.25, 0.3) is 10.8 Å². The number of pyridine rings is 1. The number of nitrogens with one attached hydrogen (secondary N) is 1. The van der Waals surface area contributed by atoms with Crippen molar-refractivity contribution >= 4 is 34.2 Å². The van der Waals surface area contributed by atoms with Crippen LogP contribution in [0.15, 0.2) is 30.5 Å². The average Bonchev–Trinajstić information content (AvgIpc) is 2.25. The summed E-state index contributed by atoms with van der Waals surface area (Å²) in [5.74, 6) is -0.371. The summed E-state index contributed by atoms with van der Waals surface area (Å²) < 4.78 is 0. The number of benzene rings is 1. The standard InChI is InChI=1S/C11H9ClN2O2/c12-8-1-2-9-7(5-8)3-4-13-11(9)14-6-10(15)16/h1-5H,6H2,(H,13,14)(H,15,16). The van der Waals surface area contributed by atoms with E-state index in [0.29, 0.717) is 10.8 Å². The molecule has 2 aromatic rings. The van der Waals surface area contributed by atoms with Gasteiger partial charge < -0.3 is 10.4 Å². The number of carboxylic acid groups (broad SMARTS) is 1. The van der Waals surface area contributed by atoms with Gasteiger partial charge in [-0.05, 0) is 29.7 Å². The summed E-state index contributed by atoms with van der Waals surface area (Å²) in [6, 6.07) is 7.20. The Morgan fingerprint density at radius 2 is 2.25 bits per heavy atom. The molecular formula is C11H9ClN2O2. The summed E-state index contributed by atoms with van der Waals surface area (Å²) in [5, 5.41) is 13.8. The van der Waals surface area contributed by atoms with Crippen molar-refractivity contribution in [1.29, 1.82) is 0 Å². The maximum atomic E-state index is 10.5. The second kappa shape index (κ2) is 4.37. The molecule has 4 nitrogen and oxygen atoms in total. The molecule has 82 valence electrons. The van der Waals surface area contributed by atoms with Gasteiger partial charge in [-0.25, -0.2) is 4.98 Å². The van der Waals surface area contributed by atoms with Crippen molar-refractivity contribution in [2.45, 2.75) is 0 Å². The predicted molar refractivity (Wildman–Crippen MR) is 62.9 cm³/mol. The number of hydrogen-bond acceptors (Lipinski definition) is 3. The first-order valence-electron chi connectivity index (χ1n) is 4.67. The van der Waals surface area contributed by atoms with Gasteiger partial charge in [0.05, 0.1) is 0 Å². The van der Waals surface area contributed by atoms with Crippen LogP contribution in [0.2, 0.25) is 5.02 Å². The Bertz CT molecular complexity index is 542. The molecule has 5 heteroatoms. The van der Waals surface area contributed by atoms with Gasteiger partial charge in [0, 0.05) is 16.6 Å². The number of carboxylic acids is 1. The number of fused-ring (bicyclic) bond motifs is 1. The second-order valence-corrected chi connectivity index (χ2v) is 3.71. The summed E-state index contributed by atoms with van der Waals surface area (Å²) in [6.07, 6.45) is 1.61. The number of aromatic nitrogens is 1. The van der Waals surface area contributed by atoms with E-state index in [1.54, 1.807) is 12.3 Å². The highest BCUT2D eigenvalue weighted by Gasteiger charge is 2.04. The fraction of sp³-hybridized carbons (Fsp3) is 0.0909. The fourth-order valence-electron chi connectivity index (χ4n) is 1.45. The van der Waals surface area contributed by atoms with E-state index < -0.39 is 5.97 Å². The van der Waals surface area contributed by atoms with Gasteiger partial charge in [0.1, 0.15) is 12.4 Å². The number of halogens is 1. The molecule has 2 N–H and O–H groups in total. The van der Waals surface area contributed by atoms with Crippen LogP contribution in [0.1, 0.15) is 0 Å². The fourth-order valence-corrected chi connectivity index (χ4v) is 1.63. The minimum atomic E-state index is -0.923. The molecule has 0 spiro atoms. The first-order chi connectivity index (χ1) is 7.66. The van der Waals surface area contributed by atoms with E-state index in [1.807, 2.05) is 18.2 Å². The van der Waals surface area contributed by atoms with Crippen molar-refractivity contribution in [1.82, 2.24) is 4.98 Å². The van der Waals surface area contributed by atoms with E-state index in [1.165, 1.54) is 0 Å². The van der Waals surface area contributed by atoms with Gasteiger partial charge in [-0.2, -0.15) is 0 Å². The molecule has 0 radical (unpaired) electrons. The highest BCUT2D eigenvalue weighted by molar-refractivity contribution is 6.31. The Labute approximate surface area is 96.9 Å². The van der Waals surface area contributed by atoms with Crippen LogP contribution < -0.4 is 5.32 Å². The molecule has 0 bridgehead atoms. The first-order valence-corrected chi connectivity index (χ1v) is 5.04. The molecule has 1 aromatic heterocycles. The molecule has 2 rings (SSSR count). The van der Waals surface area contributed by atoms with Gasteiger partial charge in [-0.1, -0.05) is 11.6 Å². The Kier molecular flexibility index (Phi) is 2.92. The maximum Gasteiger partial charge on any atom is 0.322 e. The zero-order valence-corrected chi connectivity index (χ0v) is 9.03. The molecule has 0 atom stereocenters. The van der Waals surface area contributed by atoms with E-state index in [-0.39, 0.29) is 6.54 Å². The van der Waals surface area contributed by atoms with Crippen molar-refractivity contribution < 1.29 is 9.90 Å². The Morgan fingerprint density at radius 3 is 3.00 bits per heavy atom. The topological polar surface area (TPSA) is 62.2 Å². The van der Waals surface area contributed by atoms with Crippen LogP contribution in [-0.2, 0) is 4.79 Å².